The molecule has 36 heavy (non-hydrogen) atoms. The maximum Gasteiger partial charge on any atom is 0.405 e. The molecule has 12 heteroatoms. The van der Waals surface area contributed by atoms with Gasteiger partial charge >= 0.3 is 6.18 Å². The third kappa shape index (κ3) is 7.00. The van der Waals surface area contributed by atoms with E-state index in [0.717, 1.165) is 37.8 Å². The van der Waals surface area contributed by atoms with E-state index < -0.39 is 30.3 Å². The Kier molecular flexibility index (Phi) is 10.4. The van der Waals surface area contributed by atoms with Crippen LogP contribution in [0.1, 0.15) is 38.3 Å². The fourth-order valence-electron chi connectivity index (χ4n) is 3.86. The van der Waals surface area contributed by atoms with Crippen molar-refractivity contribution in [1.29, 1.82) is 0 Å². The van der Waals surface area contributed by atoms with Gasteiger partial charge in [-0.3, -0.25) is 9.59 Å². The minimum absolute atomic E-state index is 0.00329. The molecule has 0 saturated carbocycles. The van der Waals surface area contributed by atoms with E-state index in [-0.39, 0.29) is 37.9 Å². The number of ketones is 1. The van der Waals surface area contributed by atoms with E-state index in [0.29, 0.717) is 11.1 Å². The summed E-state index contributed by atoms with van der Waals surface area (Å²) in [6.07, 6.45) is -6.00. The number of carbonyl (C=O) groups is 2. The summed E-state index contributed by atoms with van der Waals surface area (Å²) in [6, 6.07) is 7.62. The van der Waals surface area contributed by atoms with Crippen molar-refractivity contribution in [1.82, 2.24) is 5.32 Å². The van der Waals surface area contributed by atoms with E-state index in [2.05, 4.69) is 5.32 Å². The Bertz CT molecular complexity index is 1120. The molecule has 1 heterocycles. The number of aryl methyl sites for hydroxylation is 1. The number of rotatable bonds is 8. The number of aliphatic hydroxyl groups excluding tert-OH is 1. The van der Waals surface area contributed by atoms with Gasteiger partial charge in [0.1, 0.15) is 0 Å². The summed E-state index contributed by atoms with van der Waals surface area (Å²) in [5.41, 5.74) is -2.42. The van der Waals surface area contributed by atoms with Crippen LogP contribution < -0.4 is 5.32 Å². The molecular formula is C24H26Cl2F3N2O4S+. The summed E-state index contributed by atoms with van der Waals surface area (Å²) in [7, 11) is 1.95. The van der Waals surface area contributed by atoms with Crippen molar-refractivity contribution in [2.75, 3.05) is 32.2 Å². The third-order valence-corrected chi connectivity index (χ3v) is 7.39. The number of benzene rings is 2. The summed E-state index contributed by atoms with van der Waals surface area (Å²) in [6.45, 7) is 0.582. The number of hydrogen-bond donors (Lipinski definition) is 2. The molecule has 1 aliphatic rings. The lowest BCUT2D eigenvalue weighted by molar-refractivity contribution is -0.537. The van der Waals surface area contributed by atoms with Gasteiger partial charge in [-0.1, -0.05) is 29.3 Å². The van der Waals surface area contributed by atoms with Crippen molar-refractivity contribution in [2.45, 2.75) is 31.0 Å². The highest BCUT2D eigenvalue weighted by molar-refractivity contribution is 8.00. The third-order valence-electron chi connectivity index (χ3n) is 5.68. The molecule has 1 aliphatic heterocycles. The van der Waals surface area contributed by atoms with Gasteiger partial charge in [-0.25, -0.2) is 0 Å². The number of nitrogens with one attached hydrogen (secondary N) is 1. The molecule has 3 rings (SSSR count). The van der Waals surface area contributed by atoms with E-state index >= 15 is 0 Å². The Balaban J connectivity index is 0.00000222. The van der Waals surface area contributed by atoms with Gasteiger partial charge in [0.05, 0.1) is 0 Å². The average molecular weight is 566 g/mol. The predicted octanol–water partition coefficient (Wildman–Crippen LogP) is 5.24. The lowest BCUT2D eigenvalue weighted by Gasteiger charge is -2.32. The lowest BCUT2D eigenvalue weighted by Crippen LogP contribution is -2.49. The largest absolute Gasteiger partial charge is 0.405 e. The second kappa shape index (κ2) is 12.4. The van der Waals surface area contributed by atoms with Gasteiger partial charge in [0, 0.05) is 57.2 Å². The number of nitrogens with zero attached hydrogens (tertiary/aromatic N) is 1. The van der Waals surface area contributed by atoms with Crippen LogP contribution in [-0.2, 0) is 5.41 Å². The summed E-state index contributed by atoms with van der Waals surface area (Å²) in [5.74, 6) is 0.513. The van der Waals surface area contributed by atoms with Gasteiger partial charge in [-0.2, -0.15) is 24.9 Å². The van der Waals surface area contributed by atoms with E-state index in [1.54, 1.807) is 18.7 Å². The number of carbonyl (C=O) groups excluding carboxylic acids is 2. The zero-order valence-corrected chi connectivity index (χ0v) is 22.1. The van der Waals surface area contributed by atoms with E-state index in [1.807, 2.05) is 0 Å². The topological polar surface area (TPSA) is 86.5 Å². The maximum atomic E-state index is 14.5. The number of alkyl halides is 3. The quantitative estimate of drug-likeness (QED) is 0.338. The van der Waals surface area contributed by atoms with Gasteiger partial charge in [0.25, 0.3) is 5.91 Å². The molecule has 1 fully saturated rings. The van der Waals surface area contributed by atoms with Gasteiger partial charge in [0.15, 0.2) is 18.2 Å². The van der Waals surface area contributed by atoms with Crippen LogP contribution in [0, 0.1) is 11.8 Å². The number of Topliss-reactive ketones (excluding diaryl/α,β-unsaturated/α-hetero) is 1. The van der Waals surface area contributed by atoms with Crippen molar-refractivity contribution < 1.29 is 32.6 Å². The lowest BCUT2D eigenvalue weighted by atomic mass is 9.74. The summed E-state index contributed by atoms with van der Waals surface area (Å²) >= 11 is 13.6. The van der Waals surface area contributed by atoms with E-state index in [4.69, 9.17) is 28.3 Å². The Labute approximate surface area is 221 Å². The zero-order valence-electron chi connectivity index (χ0n) is 19.8. The van der Waals surface area contributed by atoms with Crippen LogP contribution >= 0.6 is 35.0 Å². The van der Waals surface area contributed by atoms with Gasteiger partial charge < -0.3 is 10.4 Å². The molecule has 0 aliphatic carbocycles. The molecule has 0 radical (unpaired) electrons. The second-order valence-electron chi connectivity index (χ2n) is 8.36. The number of amides is 1. The van der Waals surface area contributed by atoms with Gasteiger partial charge in [-0.05, 0) is 53.1 Å². The molecule has 0 bridgehead atoms. The first-order valence-electron chi connectivity index (χ1n) is 10.7. The Morgan fingerprint density at radius 3 is 2.14 bits per heavy atom. The molecule has 2 aromatic carbocycles. The monoisotopic (exact) mass is 565 g/mol. The summed E-state index contributed by atoms with van der Waals surface area (Å²) in [5, 5.41) is 9.78. The van der Waals surface area contributed by atoms with Crippen molar-refractivity contribution >= 4 is 46.7 Å². The van der Waals surface area contributed by atoms with Crippen LogP contribution in [0.3, 0.4) is 0 Å². The highest BCUT2D eigenvalue weighted by atomic mass is 35.5. The molecule has 0 aromatic heterocycles. The average Bonchev–Trinajstić information content (AvgIpc) is 2.75. The minimum Gasteiger partial charge on any atom is -0.400 e. The molecule has 6 nitrogen and oxygen atoms in total. The smallest absolute Gasteiger partial charge is 0.400 e. The molecule has 1 saturated heterocycles. The molecule has 0 spiro atoms. The Morgan fingerprint density at radius 1 is 1.11 bits per heavy atom. The summed E-state index contributed by atoms with van der Waals surface area (Å²) in [4.78, 5) is 37.4. The Morgan fingerprint density at radius 2 is 1.69 bits per heavy atom. The number of halogens is 5. The number of aliphatic hydroxyl groups is 1. The first-order valence-corrected chi connectivity index (χ1v) is 12.6. The van der Waals surface area contributed by atoms with Crippen LogP contribution in [0.15, 0.2) is 36.4 Å². The Hall–Kier alpha value is -2.14. The first-order chi connectivity index (χ1) is 16.8. The standard InChI is InChI=1S/C23H21Cl2F3N2O3S.CH4O/c1-13-5-14(3-4-19(13)21(32)29-18-10-34-11-18)20(31)9-22(12-30(2)33,23(26,27)28)15-6-16(24)8-17(25)7-15;1-2/h3-8,18H,9-12H2,1-2H3;2H,1H3/p+1. The second-order valence-corrected chi connectivity index (χ2v) is 10.3. The highest BCUT2D eigenvalue weighted by Crippen LogP contribution is 2.46. The molecule has 196 valence electrons. The molecule has 1 amide bonds. The molecule has 1 unspecified atom stereocenters. The maximum absolute atomic E-state index is 14.5. The normalized spacial score (nSPS) is 15.1. The molecule has 2 N–H and O–H groups in total. The predicted molar refractivity (Wildman–Crippen MR) is 135 cm³/mol. The molecule has 1 atom stereocenters. The fourth-order valence-corrected chi connectivity index (χ4v) is 5.03. The first kappa shape index (κ1) is 30.1. The SMILES string of the molecule is CO.Cc1cc(C(=O)CC(C[N+](C)=O)(c2cc(Cl)cc(Cl)c2)C(F)(F)F)ccc1C(=O)NC1CSC1. The van der Waals surface area contributed by atoms with Crippen LogP contribution in [0.2, 0.25) is 10.0 Å². The van der Waals surface area contributed by atoms with Crippen LogP contribution in [0.5, 0.6) is 0 Å². The number of hydrogen-bond acceptors (Lipinski definition) is 5. The molecule has 2 aromatic rings. The van der Waals surface area contributed by atoms with Gasteiger partial charge in [-0.15, -0.1) is 0 Å². The number of likely N-dealkylation sites (N-methyl/N-ethyl adjacent to an activating group) is 1. The van der Waals surface area contributed by atoms with E-state index in [9.17, 15) is 27.7 Å². The van der Waals surface area contributed by atoms with Crippen molar-refractivity contribution in [3.05, 3.63) is 73.6 Å². The summed E-state index contributed by atoms with van der Waals surface area (Å²) < 4.78 is 43.7. The zero-order chi connectivity index (χ0) is 27.3. The highest BCUT2D eigenvalue weighted by Gasteiger charge is 2.60. The van der Waals surface area contributed by atoms with Crippen LogP contribution in [0.4, 0.5) is 13.2 Å². The van der Waals surface area contributed by atoms with Crippen LogP contribution in [-0.4, -0.2) is 66.0 Å². The van der Waals surface area contributed by atoms with Crippen molar-refractivity contribution in [3.8, 4) is 0 Å². The minimum atomic E-state index is -4.97. The number of nitroso groups, excluding NO2 is 1. The van der Waals surface area contributed by atoms with Crippen LogP contribution in [0.25, 0.3) is 0 Å². The number of thioether (sulfide) groups is 1. The van der Waals surface area contributed by atoms with Crippen molar-refractivity contribution in [3.63, 3.8) is 0 Å². The molecular weight excluding hydrogens is 540 g/mol. The fraction of sp³-hybridized carbons (Fsp3) is 0.417. The van der Waals surface area contributed by atoms with Gasteiger partial charge in [0.2, 0.25) is 6.54 Å². The van der Waals surface area contributed by atoms with Crippen molar-refractivity contribution in [2.24, 2.45) is 0 Å². The van der Waals surface area contributed by atoms with E-state index in [1.165, 1.54) is 24.3 Å².